The fourth-order valence-electron chi connectivity index (χ4n) is 1.90. The molecule has 0 radical (unpaired) electrons. The maximum absolute atomic E-state index is 12.4. The number of hydrogen-bond acceptors (Lipinski definition) is 5. The van der Waals surface area contributed by atoms with E-state index in [1.54, 1.807) is 23.7 Å². The highest BCUT2D eigenvalue weighted by Gasteiger charge is 2.23. The molecule has 0 atom stereocenters. The zero-order valence-corrected chi connectivity index (χ0v) is 12.4. The van der Waals surface area contributed by atoms with Crippen LogP contribution in [0.3, 0.4) is 0 Å². The summed E-state index contributed by atoms with van der Waals surface area (Å²) >= 11 is 1.26. The maximum atomic E-state index is 12.4. The molecule has 1 heterocycles. The molecule has 5 nitrogen and oxygen atoms in total. The second-order valence-corrected chi connectivity index (χ2v) is 7.25. The highest BCUT2D eigenvalue weighted by atomic mass is 32.2. The summed E-state index contributed by atoms with van der Waals surface area (Å²) in [6.07, 6.45) is 3.92. The molecule has 1 aliphatic carbocycles. The van der Waals surface area contributed by atoms with Crippen molar-refractivity contribution in [1.82, 2.24) is 10.3 Å². The van der Waals surface area contributed by atoms with Crippen molar-refractivity contribution in [3.8, 4) is 0 Å². The van der Waals surface area contributed by atoms with Gasteiger partial charge in [0.25, 0.3) is 10.0 Å². The maximum Gasteiger partial charge on any atom is 0.263 e. The van der Waals surface area contributed by atoms with Crippen molar-refractivity contribution in [2.45, 2.75) is 30.3 Å². The third-order valence-electron chi connectivity index (χ3n) is 3.07. The molecule has 0 bridgehead atoms. The van der Waals surface area contributed by atoms with Crippen LogP contribution in [0.5, 0.6) is 0 Å². The highest BCUT2D eigenvalue weighted by molar-refractivity contribution is 7.93. The summed E-state index contributed by atoms with van der Waals surface area (Å²) in [7, 11) is -3.58. The lowest BCUT2D eigenvalue weighted by atomic mass is 10.2. The largest absolute Gasteiger partial charge is 0.310 e. The molecule has 1 aromatic heterocycles. The van der Waals surface area contributed by atoms with Crippen molar-refractivity contribution >= 4 is 26.5 Å². The predicted molar refractivity (Wildman–Crippen MR) is 79.2 cm³/mol. The molecule has 0 spiro atoms. The fourth-order valence-corrected chi connectivity index (χ4v) is 3.93. The van der Waals surface area contributed by atoms with Crippen LogP contribution in [0.25, 0.3) is 0 Å². The number of aromatic nitrogens is 1. The second-order valence-electron chi connectivity index (χ2n) is 4.71. The standard InChI is InChI=1S/C13H15N3O2S2/c17-20(18,16-13-14-7-8-19-13)12-4-2-1-3-10(12)9-15-11-5-6-11/h1-4,7-8,11,15H,5-6,9H2,(H,14,16). The molecule has 0 aliphatic heterocycles. The van der Waals surface area contributed by atoms with Crippen molar-refractivity contribution in [3.05, 3.63) is 41.4 Å². The molecule has 0 amide bonds. The Labute approximate surface area is 122 Å². The number of hydrogen-bond donors (Lipinski definition) is 2. The van der Waals surface area contributed by atoms with Gasteiger partial charge in [-0.15, -0.1) is 11.3 Å². The summed E-state index contributed by atoms with van der Waals surface area (Å²) in [5.41, 5.74) is 0.781. The van der Waals surface area contributed by atoms with Gasteiger partial charge in [0.05, 0.1) is 4.90 Å². The first-order valence-electron chi connectivity index (χ1n) is 6.39. The van der Waals surface area contributed by atoms with Gasteiger partial charge in [-0.1, -0.05) is 18.2 Å². The predicted octanol–water partition coefficient (Wildman–Crippen LogP) is 2.20. The molecular formula is C13H15N3O2S2. The summed E-state index contributed by atoms with van der Waals surface area (Å²) in [6, 6.07) is 7.59. The van der Waals surface area contributed by atoms with Gasteiger partial charge in [0, 0.05) is 24.2 Å². The number of rotatable bonds is 6. The molecule has 7 heteroatoms. The Morgan fingerprint density at radius 2 is 2.10 bits per heavy atom. The number of benzene rings is 1. The highest BCUT2D eigenvalue weighted by Crippen LogP contribution is 2.23. The zero-order valence-electron chi connectivity index (χ0n) is 10.7. The number of nitrogens with one attached hydrogen (secondary N) is 2. The summed E-state index contributed by atoms with van der Waals surface area (Å²) in [6.45, 7) is 0.569. The normalized spacial score (nSPS) is 15.2. The molecule has 0 saturated heterocycles. The zero-order chi connectivity index (χ0) is 14.0. The number of nitrogens with zero attached hydrogens (tertiary/aromatic N) is 1. The number of anilines is 1. The lowest BCUT2D eigenvalue weighted by molar-refractivity contribution is 0.597. The van der Waals surface area contributed by atoms with Gasteiger partial charge >= 0.3 is 0 Å². The van der Waals surface area contributed by atoms with Gasteiger partial charge in [0.2, 0.25) is 0 Å². The molecular weight excluding hydrogens is 294 g/mol. The Morgan fingerprint density at radius 1 is 1.30 bits per heavy atom. The Balaban J connectivity index is 1.83. The molecule has 0 unspecified atom stereocenters. The van der Waals surface area contributed by atoms with E-state index in [4.69, 9.17) is 0 Å². The molecule has 1 aromatic carbocycles. The Kier molecular flexibility index (Phi) is 3.73. The molecule has 1 aliphatic rings. The van der Waals surface area contributed by atoms with E-state index in [0.29, 0.717) is 22.6 Å². The van der Waals surface area contributed by atoms with Crippen molar-refractivity contribution < 1.29 is 8.42 Å². The molecule has 1 saturated carbocycles. The SMILES string of the molecule is O=S(=O)(Nc1nccs1)c1ccccc1CNC1CC1. The van der Waals surface area contributed by atoms with Crippen molar-refractivity contribution in [2.24, 2.45) is 0 Å². The summed E-state index contributed by atoms with van der Waals surface area (Å²) in [4.78, 5) is 4.26. The van der Waals surface area contributed by atoms with Gasteiger partial charge < -0.3 is 5.32 Å². The summed E-state index contributed by atoms with van der Waals surface area (Å²) < 4.78 is 27.3. The van der Waals surface area contributed by atoms with Crippen LogP contribution in [0.2, 0.25) is 0 Å². The minimum atomic E-state index is -3.58. The summed E-state index contributed by atoms with van der Waals surface area (Å²) in [5.74, 6) is 0. The molecule has 2 aromatic rings. The third kappa shape index (κ3) is 3.17. The number of sulfonamides is 1. The van der Waals surface area contributed by atoms with Crippen LogP contribution in [0.1, 0.15) is 18.4 Å². The monoisotopic (exact) mass is 309 g/mol. The van der Waals surface area contributed by atoms with Gasteiger partial charge in [-0.2, -0.15) is 0 Å². The number of thiazole rings is 1. The molecule has 1 fully saturated rings. The average molecular weight is 309 g/mol. The van der Waals surface area contributed by atoms with Crippen molar-refractivity contribution in [2.75, 3.05) is 4.72 Å². The van der Waals surface area contributed by atoms with Gasteiger partial charge in [-0.25, -0.2) is 13.4 Å². The Hall–Kier alpha value is -1.44. The van der Waals surface area contributed by atoms with Crippen LogP contribution >= 0.6 is 11.3 Å². The average Bonchev–Trinajstić information content (AvgIpc) is 3.13. The van der Waals surface area contributed by atoms with Crippen LogP contribution in [0.4, 0.5) is 5.13 Å². The lowest BCUT2D eigenvalue weighted by Crippen LogP contribution is -2.20. The third-order valence-corrected chi connectivity index (χ3v) is 5.33. The van der Waals surface area contributed by atoms with Gasteiger partial charge in [0.15, 0.2) is 5.13 Å². The Morgan fingerprint density at radius 3 is 2.80 bits per heavy atom. The van der Waals surface area contributed by atoms with Gasteiger partial charge in [-0.05, 0) is 24.5 Å². The van der Waals surface area contributed by atoms with E-state index in [2.05, 4.69) is 15.0 Å². The smallest absolute Gasteiger partial charge is 0.263 e. The van der Waals surface area contributed by atoms with E-state index >= 15 is 0 Å². The lowest BCUT2D eigenvalue weighted by Gasteiger charge is -2.11. The first-order chi connectivity index (χ1) is 9.65. The van der Waals surface area contributed by atoms with Crippen molar-refractivity contribution in [1.29, 1.82) is 0 Å². The fraction of sp³-hybridized carbons (Fsp3) is 0.308. The van der Waals surface area contributed by atoms with E-state index in [9.17, 15) is 8.42 Å². The minimum Gasteiger partial charge on any atom is -0.310 e. The van der Waals surface area contributed by atoms with Gasteiger partial charge in [-0.3, -0.25) is 4.72 Å². The van der Waals surface area contributed by atoms with Crippen LogP contribution in [-0.2, 0) is 16.6 Å². The van der Waals surface area contributed by atoms with E-state index in [1.165, 1.54) is 24.2 Å². The summed E-state index contributed by atoms with van der Waals surface area (Å²) in [5, 5.41) is 5.46. The second kappa shape index (κ2) is 5.51. The molecule has 20 heavy (non-hydrogen) atoms. The van der Waals surface area contributed by atoms with Crippen LogP contribution < -0.4 is 10.0 Å². The molecule has 106 valence electrons. The van der Waals surface area contributed by atoms with Crippen LogP contribution in [0.15, 0.2) is 40.7 Å². The van der Waals surface area contributed by atoms with E-state index in [0.717, 1.165) is 5.56 Å². The van der Waals surface area contributed by atoms with Crippen LogP contribution in [0, 0.1) is 0 Å². The van der Waals surface area contributed by atoms with Crippen molar-refractivity contribution in [3.63, 3.8) is 0 Å². The first kappa shape index (κ1) is 13.5. The Bertz CT molecular complexity index is 679. The van der Waals surface area contributed by atoms with Gasteiger partial charge in [0.1, 0.15) is 0 Å². The minimum absolute atomic E-state index is 0.309. The van der Waals surface area contributed by atoms with Crippen LogP contribution in [-0.4, -0.2) is 19.4 Å². The van der Waals surface area contributed by atoms with E-state index < -0.39 is 10.0 Å². The van der Waals surface area contributed by atoms with E-state index in [1.807, 2.05) is 12.1 Å². The molecule has 3 rings (SSSR count). The topological polar surface area (TPSA) is 71.1 Å². The quantitative estimate of drug-likeness (QED) is 0.858. The molecule has 2 N–H and O–H groups in total. The first-order valence-corrected chi connectivity index (χ1v) is 8.75. The van der Waals surface area contributed by atoms with E-state index in [-0.39, 0.29) is 0 Å².